The molecule has 1 atom stereocenters. The zero-order chi connectivity index (χ0) is 26.4. The predicted molar refractivity (Wildman–Crippen MR) is 143 cm³/mol. The number of thiophene rings is 1. The van der Waals surface area contributed by atoms with E-state index in [4.69, 9.17) is 14.2 Å². The predicted octanol–water partition coefficient (Wildman–Crippen LogP) is 3.91. The van der Waals surface area contributed by atoms with Crippen molar-refractivity contribution < 1.29 is 27.4 Å². The molecule has 2 heterocycles. The van der Waals surface area contributed by atoms with E-state index in [-0.39, 0.29) is 43.1 Å². The van der Waals surface area contributed by atoms with Crippen molar-refractivity contribution in [3.63, 3.8) is 0 Å². The van der Waals surface area contributed by atoms with E-state index in [9.17, 15) is 13.2 Å². The van der Waals surface area contributed by atoms with Crippen LogP contribution >= 0.6 is 11.3 Å². The number of amides is 1. The second-order valence-corrected chi connectivity index (χ2v) is 11.7. The number of carbonyl (C=O) groups is 1. The van der Waals surface area contributed by atoms with Crippen LogP contribution in [0.1, 0.15) is 22.0 Å². The third-order valence-electron chi connectivity index (χ3n) is 6.38. The first-order chi connectivity index (χ1) is 17.8. The lowest BCUT2D eigenvalue weighted by atomic mass is 10.0. The lowest BCUT2D eigenvalue weighted by Crippen LogP contribution is -2.48. The van der Waals surface area contributed by atoms with Gasteiger partial charge in [-0.05, 0) is 54.6 Å². The molecule has 1 aliphatic heterocycles. The molecule has 1 aliphatic rings. The monoisotopic (exact) mass is 544 g/mol. The third kappa shape index (κ3) is 6.32. The molecule has 8 nitrogen and oxygen atoms in total. The van der Waals surface area contributed by atoms with Gasteiger partial charge in [-0.15, -0.1) is 11.3 Å². The Morgan fingerprint density at radius 3 is 2.59 bits per heavy atom. The van der Waals surface area contributed by atoms with Crippen molar-refractivity contribution in [3.8, 4) is 11.5 Å². The lowest BCUT2D eigenvalue weighted by molar-refractivity contribution is -0.135. The number of aryl methyl sites for hydroxylation is 1. The largest absolute Gasteiger partial charge is 0.497 e. The van der Waals surface area contributed by atoms with Crippen molar-refractivity contribution >= 4 is 27.3 Å². The fourth-order valence-electron chi connectivity index (χ4n) is 4.32. The van der Waals surface area contributed by atoms with Crippen molar-refractivity contribution in [3.05, 3.63) is 76.0 Å². The van der Waals surface area contributed by atoms with Gasteiger partial charge in [-0.1, -0.05) is 23.8 Å². The SMILES string of the molecule is COCCN(CC(=O)N1CCc2sccc2[C@H]1COc1cccc(OC)c1)S(=O)(=O)c1ccc(C)cc1. The second-order valence-electron chi connectivity index (χ2n) is 8.79. The molecule has 10 heteroatoms. The number of ether oxygens (including phenoxy) is 3. The first-order valence-corrected chi connectivity index (χ1v) is 14.3. The molecule has 0 unspecified atom stereocenters. The van der Waals surface area contributed by atoms with Gasteiger partial charge in [0.05, 0.1) is 31.2 Å². The van der Waals surface area contributed by atoms with Gasteiger partial charge in [-0.25, -0.2) is 8.42 Å². The van der Waals surface area contributed by atoms with E-state index in [2.05, 4.69) is 0 Å². The lowest BCUT2D eigenvalue weighted by Gasteiger charge is -2.37. The van der Waals surface area contributed by atoms with Crippen molar-refractivity contribution in [2.45, 2.75) is 24.3 Å². The highest BCUT2D eigenvalue weighted by Gasteiger charge is 2.35. The second kappa shape index (κ2) is 12.1. The van der Waals surface area contributed by atoms with E-state index >= 15 is 0 Å². The molecule has 4 rings (SSSR count). The number of fused-ring (bicyclic) bond motifs is 1. The van der Waals surface area contributed by atoms with Gasteiger partial charge < -0.3 is 19.1 Å². The zero-order valence-electron chi connectivity index (χ0n) is 21.3. The number of rotatable bonds is 11. The standard InChI is InChI=1S/C27H32N2O6S2/c1-20-7-9-23(10-8-20)37(31,32)28(14-15-33-2)18-27(30)29-13-11-26-24(12-16-36-26)25(29)19-35-22-6-4-5-21(17-22)34-3/h4-10,12,16-17,25H,11,13-15,18-19H2,1-3H3/t25-/m1/s1. The van der Waals surface area contributed by atoms with Gasteiger partial charge in [0, 0.05) is 31.1 Å². The average Bonchev–Trinajstić information content (AvgIpc) is 3.39. The molecule has 0 radical (unpaired) electrons. The quantitative estimate of drug-likeness (QED) is 0.364. The van der Waals surface area contributed by atoms with Gasteiger partial charge in [0.15, 0.2) is 0 Å². The summed E-state index contributed by atoms with van der Waals surface area (Å²) in [7, 11) is -0.789. The van der Waals surface area contributed by atoms with E-state index in [1.54, 1.807) is 53.7 Å². The van der Waals surface area contributed by atoms with E-state index in [0.29, 0.717) is 18.0 Å². The summed E-state index contributed by atoms with van der Waals surface area (Å²) < 4.78 is 44.6. The minimum atomic E-state index is -3.89. The molecule has 2 aromatic carbocycles. The van der Waals surface area contributed by atoms with Crippen molar-refractivity contribution in [2.75, 3.05) is 47.1 Å². The zero-order valence-corrected chi connectivity index (χ0v) is 22.9. The molecule has 0 fully saturated rings. The van der Waals surface area contributed by atoms with Crippen LogP contribution in [-0.4, -0.2) is 70.6 Å². The van der Waals surface area contributed by atoms with E-state index < -0.39 is 10.0 Å². The molecule has 3 aromatic rings. The Kier molecular flexibility index (Phi) is 8.86. The normalized spacial score (nSPS) is 15.5. The van der Waals surface area contributed by atoms with Crippen LogP contribution in [0.4, 0.5) is 0 Å². The maximum Gasteiger partial charge on any atom is 0.243 e. The third-order valence-corrected chi connectivity index (χ3v) is 9.24. The van der Waals surface area contributed by atoms with Crippen molar-refractivity contribution in [1.29, 1.82) is 0 Å². The number of carbonyl (C=O) groups excluding carboxylic acids is 1. The molecule has 1 amide bonds. The number of nitrogens with zero attached hydrogens (tertiary/aromatic N) is 2. The average molecular weight is 545 g/mol. The molecular weight excluding hydrogens is 512 g/mol. The fourth-order valence-corrected chi connectivity index (χ4v) is 6.62. The van der Waals surface area contributed by atoms with Gasteiger partial charge in [0.25, 0.3) is 0 Å². The van der Waals surface area contributed by atoms with Crippen LogP contribution in [0.2, 0.25) is 0 Å². The number of hydrogen-bond acceptors (Lipinski definition) is 7. The maximum atomic E-state index is 13.7. The summed E-state index contributed by atoms with van der Waals surface area (Å²) in [6.45, 7) is 2.59. The molecule has 0 spiro atoms. The van der Waals surface area contributed by atoms with Crippen LogP contribution in [0, 0.1) is 6.92 Å². The first kappa shape index (κ1) is 27.1. The van der Waals surface area contributed by atoms with Crippen LogP contribution in [0.15, 0.2) is 64.9 Å². The maximum absolute atomic E-state index is 13.7. The first-order valence-electron chi connectivity index (χ1n) is 12.0. The summed E-state index contributed by atoms with van der Waals surface area (Å²) in [6, 6.07) is 15.6. The molecule has 0 saturated heterocycles. The summed E-state index contributed by atoms with van der Waals surface area (Å²) in [5.74, 6) is 1.04. The summed E-state index contributed by atoms with van der Waals surface area (Å²) in [5.41, 5.74) is 1.99. The Morgan fingerprint density at radius 1 is 1.11 bits per heavy atom. The molecule has 0 bridgehead atoms. The van der Waals surface area contributed by atoms with Crippen LogP contribution in [0.25, 0.3) is 0 Å². The van der Waals surface area contributed by atoms with Crippen molar-refractivity contribution in [2.24, 2.45) is 0 Å². The van der Waals surface area contributed by atoms with E-state index in [1.807, 2.05) is 36.6 Å². The Morgan fingerprint density at radius 2 is 1.86 bits per heavy atom. The topological polar surface area (TPSA) is 85.4 Å². The molecular formula is C27H32N2O6S2. The fraction of sp³-hybridized carbons (Fsp3) is 0.370. The number of benzene rings is 2. The minimum Gasteiger partial charge on any atom is -0.497 e. The Labute approximate surface area is 222 Å². The summed E-state index contributed by atoms with van der Waals surface area (Å²) in [6.07, 6.45) is 0.719. The number of methoxy groups -OCH3 is 2. The van der Waals surface area contributed by atoms with Gasteiger partial charge in [0.2, 0.25) is 15.9 Å². The van der Waals surface area contributed by atoms with Crippen LogP contribution in [-0.2, 0) is 26.0 Å². The molecule has 0 saturated carbocycles. The molecule has 0 N–H and O–H groups in total. The Balaban J connectivity index is 1.56. The minimum absolute atomic E-state index is 0.0704. The smallest absolute Gasteiger partial charge is 0.243 e. The molecule has 1 aromatic heterocycles. The Bertz CT molecular complexity index is 1310. The highest BCUT2D eigenvalue weighted by atomic mass is 32.2. The van der Waals surface area contributed by atoms with E-state index in [0.717, 1.165) is 17.5 Å². The summed E-state index contributed by atoms with van der Waals surface area (Å²) in [5, 5.41) is 2.02. The number of sulfonamides is 1. The summed E-state index contributed by atoms with van der Waals surface area (Å²) >= 11 is 1.66. The van der Waals surface area contributed by atoms with Crippen LogP contribution < -0.4 is 9.47 Å². The van der Waals surface area contributed by atoms with Gasteiger partial charge in [0.1, 0.15) is 18.1 Å². The highest BCUT2D eigenvalue weighted by molar-refractivity contribution is 7.89. The van der Waals surface area contributed by atoms with Crippen molar-refractivity contribution in [1.82, 2.24) is 9.21 Å². The van der Waals surface area contributed by atoms with E-state index in [1.165, 1.54) is 16.3 Å². The highest BCUT2D eigenvalue weighted by Crippen LogP contribution is 2.34. The molecule has 37 heavy (non-hydrogen) atoms. The van der Waals surface area contributed by atoms with Crippen LogP contribution in [0.3, 0.4) is 0 Å². The van der Waals surface area contributed by atoms with Gasteiger partial charge >= 0.3 is 0 Å². The number of hydrogen-bond donors (Lipinski definition) is 0. The van der Waals surface area contributed by atoms with Gasteiger partial charge in [-0.3, -0.25) is 4.79 Å². The Hall–Kier alpha value is -2.92. The van der Waals surface area contributed by atoms with Gasteiger partial charge in [-0.2, -0.15) is 4.31 Å². The summed E-state index contributed by atoms with van der Waals surface area (Å²) in [4.78, 5) is 16.8. The van der Waals surface area contributed by atoms with Crippen LogP contribution in [0.5, 0.6) is 11.5 Å². The molecule has 0 aliphatic carbocycles. The molecule has 198 valence electrons.